The molecule has 2 aromatic rings. The van der Waals surface area contributed by atoms with Gasteiger partial charge in [-0.1, -0.05) is 39.0 Å². The van der Waals surface area contributed by atoms with Gasteiger partial charge in [0.1, 0.15) is 5.75 Å². The fourth-order valence-electron chi connectivity index (χ4n) is 3.82. The maximum atomic E-state index is 12.4. The van der Waals surface area contributed by atoms with E-state index in [0.717, 1.165) is 49.7 Å². The molecule has 3 rings (SSSR count). The van der Waals surface area contributed by atoms with Gasteiger partial charge in [0.2, 0.25) is 0 Å². The van der Waals surface area contributed by atoms with Gasteiger partial charge >= 0.3 is 0 Å². The van der Waals surface area contributed by atoms with Crippen molar-refractivity contribution in [1.82, 2.24) is 4.90 Å². The van der Waals surface area contributed by atoms with Crippen LogP contribution in [0.1, 0.15) is 37.8 Å². The number of hydrogen-bond donors (Lipinski definition) is 1. The standard InChI is InChI=1S/C24H33N3O2/c1-5-26-12-14-27(15-13-26)22-11-10-20(16-19(22)4)25-24(28)17-29-23-9-7-6-8-21(23)18(2)3/h6-11,16,18H,5,12-15,17H2,1-4H3,(H,25,28). The van der Waals surface area contributed by atoms with E-state index in [1.54, 1.807) is 0 Å². The molecule has 156 valence electrons. The summed E-state index contributed by atoms with van der Waals surface area (Å²) in [6.07, 6.45) is 0. The van der Waals surface area contributed by atoms with Gasteiger partial charge in [-0.15, -0.1) is 0 Å². The predicted molar refractivity (Wildman–Crippen MR) is 120 cm³/mol. The zero-order chi connectivity index (χ0) is 20.8. The van der Waals surface area contributed by atoms with Crippen LogP contribution in [-0.4, -0.2) is 50.1 Å². The molecule has 1 saturated heterocycles. The highest BCUT2D eigenvalue weighted by atomic mass is 16.5. The van der Waals surface area contributed by atoms with Crippen LogP contribution in [0.3, 0.4) is 0 Å². The Kier molecular flexibility index (Phi) is 7.15. The summed E-state index contributed by atoms with van der Waals surface area (Å²) in [5.41, 5.74) is 4.35. The van der Waals surface area contributed by atoms with Gasteiger partial charge in [0.05, 0.1) is 0 Å². The molecule has 1 aliphatic heterocycles. The van der Waals surface area contributed by atoms with Crippen LogP contribution in [0.4, 0.5) is 11.4 Å². The number of benzene rings is 2. The molecular weight excluding hydrogens is 362 g/mol. The van der Waals surface area contributed by atoms with Crippen molar-refractivity contribution in [1.29, 1.82) is 0 Å². The minimum atomic E-state index is -0.146. The van der Waals surface area contributed by atoms with Crippen molar-refractivity contribution < 1.29 is 9.53 Å². The third kappa shape index (κ3) is 5.51. The molecule has 0 unspecified atom stereocenters. The van der Waals surface area contributed by atoms with Crippen molar-refractivity contribution in [2.45, 2.75) is 33.6 Å². The summed E-state index contributed by atoms with van der Waals surface area (Å²) in [5, 5.41) is 2.96. The van der Waals surface area contributed by atoms with Crippen molar-refractivity contribution in [3.8, 4) is 5.75 Å². The first-order valence-corrected chi connectivity index (χ1v) is 10.6. The lowest BCUT2D eigenvalue weighted by atomic mass is 10.0. The van der Waals surface area contributed by atoms with Crippen LogP contribution in [0.2, 0.25) is 0 Å². The molecule has 29 heavy (non-hydrogen) atoms. The van der Waals surface area contributed by atoms with Crippen molar-refractivity contribution in [3.63, 3.8) is 0 Å². The van der Waals surface area contributed by atoms with Crippen molar-refractivity contribution in [3.05, 3.63) is 53.6 Å². The number of carbonyl (C=O) groups is 1. The normalized spacial score (nSPS) is 14.9. The van der Waals surface area contributed by atoms with Crippen LogP contribution in [0.5, 0.6) is 5.75 Å². The van der Waals surface area contributed by atoms with Gasteiger partial charge < -0.3 is 19.9 Å². The minimum absolute atomic E-state index is 0.00348. The number of amides is 1. The summed E-state index contributed by atoms with van der Waals surface area (Å²) in [6.45, 7) is 14.0. The summed E-state index contributed by atoms with van der Waals surface area (Å²) in [6, 6.07) is 14.0. The van der Waals surface area contributed by atoms with E-state index >= 15 is 0 Å². The Morgan fingerprint density at radius 2 is 1.83 bits per heavy atom. The van der Waals surface area contributed by atoms with Gasteiger partial charge in [0, 0.05) is 37.6 Å². The van der Waals surface area contributed by atoms with Gasteiger partial charge in [0.25, 0.3) is 5.91 Å². The maximum absolute atomic E-state index is 12.4. The van der Waals surface area contributed by atoms with Crippen LogP contribution in [-0.2, 0) is 4.79 Å². The lowest BCUT2D eigenvalue weighted by Crippen LogP contribution is -2.46. The first-order valence-electron chi connectivity index (χ1n) is 10.6. The lowest BCUT2D eigenvalue weighted by Gasteiger charge is -2.36. The number of piperazine rings is 1. The predicted octanol–water partition coefficient (Wildman–Crippen LogP) is 4.28. The van der Waals surface area contributed by atoms with Gasteiger partial charge in [-0.25, -0.2) is 0 Å². The quantitative estimate of drug-likeness (QED) is 0.760. The highest BCUT2D eigenvalue weighted by Gasteiger charge is 2.17. The topological polar surface area (TPSA) is 44.8 Å². The molecule has 0 atom stereocenters. The number of hydrogen-bond acceptors (Lipinski definition) is 4. The smallest absolute Gasteiger partial charge is 0.262 e. The van der Waals surface area contributed by atoms with E-state index in [-0.39, 0.29) is 12.5 Å². The second-order valence-corrected chi connectivity index (χ2v) is 7.95. The Morgan fingerprint density at radius 1 is 1.10 bits per heavy atom. The van der Waals surface area contributed by atoms with Gasteiger partial charge in [-0.05, 0) is 54.8 Å². The number of nitrogens with zero attached hydrogens (tertiary/aromatic N) is 2. The monoisotopic (exact) mass is 395 g/mol. The van der Waals surface area contributed by atoms with Crippen LogP contribution in [0.25, 0.3) is 0 Å². The number of ether oxygens (including phenoxy) is 1. The van der Waals surface area contributed by atoms with Gasteiger partial charge in [-0.3, -0.25) is 4.79 Å². The second kappa shape index (κ2) is 9.79. The summed E-state index contributed by atoms with van der Waals surface area (Å²) >= 11 is 0. The molecule has 0 spiro atoms. The Hall–Kier alpha value is -2.53. The third-order valence-electron chi connectivity index (χ3n) is 5.54. The molecule has 0 radical (unpaired) electrons. The molecule has 2 aromatic carbocycles. The molecule has 1 fully saturated rings. The lowest BCUT2D eigenvalue weighted by molar-refractivity contribution is -0.118. The minimum Gasteiger partial charge on any atom is -0.483 e. The highest BCUT2D eigenvalue weighted by molar-refractivity contribution is 5.92. The average Bonchev–Trinajstić information content (AvgIpc) is 2.72. The molecule has 0 saturated carbocycles. The van der Waals surface area contributed by atoms with Gasteiger partial charge in [0.15, 0.2) is 6.61 Å². The zero-order valence-electron chi connectivity index (χ0n) is 18.1. The molecule has 1 aliphatic rings. The molecule has 1 N–H and O–H groups in total. The first-order chi connectivity index (χ1) is 14.0. The number of carbonyl (C=O) groups excluding carboxylic acids is 1. The fraction of sp³-hybridized carbons (Fsp3) is 0.458. The van der Waals surface area contributed by atoms with Crippen LogP contribution < -0.4 is 15.0 Å². The molecular formula is C24H33N3O2. The summed E-state index contributed by atoms with van der Waals surface area (Å²) in [7, 11) is 0. The summed E-state index contributed by atoms with van der Waals surface area (Å²) < 4.78 is 5.78. The molecule has 5 heteroatoms. The number of rotatable bonds is 7. The molecule has 0 aromatic heterocycles. The summed E-state index contributed by atoms with van der Waals surface area (Å²) in [5.74, 6) is 0.978. The fourth-order valence-corrected chi connectivity index (χ4v) is 3.82. The van der Waals surface area contributed by atoms with Crippen molar-refractivity contribution in [2.24, 2.45) is 0 Å². The molecule has 1 amide bonds. The third-order valence-corrected chi connectivity index (χ3v) is 5.54. The highest BCUT2D eigenvalue weighted by Crippen LogP contribution is 2.26. The molecule has 0 bridgehead atoms. The first kappa shape index (κ1) is 21.2. The molecule has 1 heterocycles. The SMILES string of the molecule is CCN1CCN(c2ccc(NC(=O)COc3ccccc3C(C)C)cc2C)CC1. The number of anilines is 2. The molecule has 5 nitrogen and oxygen atoms in total. The van der Waals surface area contributed by atoms with Crippen molar-refractivity contribution in [2.75, 3.05) is 49.5 Å². The maximum Gasteiger partial charge on any atom is 0.262 e. The van der Waals surface area contributed by atoms with E-state index in [9.17, 15) is 4.79 Å². The Morgan fingerprint density at radius 3 is 2.48 bits per heavy atom. The van der Waals surface area contributed by atoms with Crippen LogP contribution >= 0.6 is 0 Å². The Balaban J connectivity index is 1.57. The van der Waals surface area contributed by atoms with Crippen molar-refractivity contribution >= 4 is 17.3 Å². The van der Waals surface area contributed by atoms with Crippen LogP contribution in [0.15, 0.2) is 42.5 Å². The zero-order valence-corrected chi connectivity index (χ0v) is 18.1. The van der Waals surface area contributed by atoms with E-state index in [4.69, 9.17) is 4.74 Å². The Bertz CT molecular complexity index is 827. The number of para-hydroxylation sites is 1. The van der Waals surface area contributed by atoms with E-state index in [1.807, 2.05) is 36.4 Å². The summed E-state index contributed by atoms with van der Waals surface area (Å²) in [4.78, 5) is 17.3. The molecule has 0 aliphatic carbocycles. The van der Waals surface area contributed by atoms with E-state index in [1.165, 1.54) is 11.3 Å². The van der Waals surface area contributed by atoms with E-state index in [0.29, 0.717) is 5.92 Å². The average molecular weight is 396 g/mol. The van der Waals surface area contributed by atoms with E-state index in [2.05, 4.69) is 48.9 Å². The van der Waals surface area contributed by atoms with Crippen LogP contribution in [0, 0.1) is 6.92 Å². The number of likely N-dealkylation sites (N-methyl/N-ethyl adjacent to an activating group) is 1. The number of aryl methyl sites for hydroxylation is 1. The second-order valence-electron chi connectivity index (χ2n) is 7.95. The number of nitrogens with one attached hydrogen (secondary N) is 1. The van der Waals surface area contributed by atoms with E-state index < -0.39 is 0 Å². The van der Waals surface area contributed by atoms with Gasteiger partial charge in [-0.2, -0.15) is 0 Å². The largest absolute Gasteiger partial charge is 0.483 e. The Labute approximate surface area is 174 Å².